The van der Waals surface area contributed by atoms with E-state index in [1.807, 2.05) is 0 Å². The van der Waals surface area contributed by atoms with E-state index in [1.54, 1.807) is 0 Å². The van der Waals surface area contributed by atoms with Gasteiger partial charge in [-0.1, -0.05) is 12.1 Å². The molecule has 238 valence electrons. The molecule has 24 heteroatoms. The number of hydroxylamine groups is 4. The summed E-state index contributed by atoms with van der Waals surface area (Å²) in [6.45, 7) is 0. The van der Waals surface area contributed by atoms with E-state index < -0.39 is 110 Å². The van der Waals surface area contributed by atoms with Crippen LogP contribution in [0.2, 0.25) is 0 Å². The van der Waals surface area contributed by atoms with Crippen LogP contribution in [0.4, 0.5) is 43.9 Å². The summed E-state index contributed by atoms with van der Waals surface area (Å²) < 4.78 is 186. The molecule has 0 fully saturated rings. The van der Waals surface area contributed by atoms with E-state index in [9.17, 15) is 75.5 Å². The minimum Gasteiger partial charge on any atom is -0.266 e. The van der Waals surface area contributed by atoms with Gasteiger partial charge < -0.3 is 0 Å². The monoisotopic (exact) mass is 688 g/mol. The SMILES string of the molecule is O=C1c2ccc(C(F)(c3ccc4c(c3)C(=O)N(OS(=O)(=O)C(F)(F)F)C4=O)C(F)(F)F)cc2C(=O)N1OS(=O)(=O)C(F)(F)F. The smallest absolute Gasteiger partial charge is 0.266 e. The van der Waals surface area contributed by atoms with E-state index in [0.717, 1.165) is 0 Å². The van der Waals surface area contributed by atoms with Crippen molar-refractivity contribution in [1.82, 2.24) is 10.1 Å². The quantitative estimate of drug-likeness (QED) is 0.250. The molecule has 0 atom stereocenters. The number of imide groups is 2. The van der Waals surface area contributed by atoms with Gasteiger partial charge in [-0.05, 0) is 24.3 Å². The van der Waals surface area contributed by atoms with Crippen molar-refractivity contribution < 1.29 is 88.5 Å². The third-order valence-electron chi connectivity index (χ3n) is 5.80. The summed E-state index contributed by atoms with van der Waals surface area (Å²) in [6.07, 6.45) is -6.07. The highest BCUT2D eigenvalue weighted by atomic mass is 32.2. The van der Waals surface area contributed by atoms with Crippen LogP contribution >= 0.6 is 0 Å². The molecule has 2 aliphatic heterocycles. The van der Waals surface area contributed by atoms with Crippen molar-refractivity contribution >= 4 is 43.9 Å². The zero-order chi connectivity index (χ0) is 33.6. The lowest BCUT2D eigenvalue weighted by atomic mass is 9.84. The molecule has 0 saturated carbocycles. The fourth-order valence-corrected chi connectivity index (χ4v) is 4.61. The molecular formula is C20H6F10N2O10S2. The number of halogens is 10. The number of carbonyl (C=O) groups is 4. The predicted octanol–water partition coefficient (Wildman–Crippen LogP) is 3.22. The Morgan fingerprint density at radius 1 is 0.500 bits per heavy atom. The maximum Gasteiger partial charge on any atom is 0.525 e. The van der Waals surface area contributed by atoms with Crippen LogP contribution < -0.4 is 0 Å². The van der Waals surface area contributed by atoms with E-state index in [0.29, 0.717) is 0 Å². The van der Waals surface area contributed by atoms with Crippen LogP contribution in [0.1, 0.15) is 52.6 Å². The lowest BCUT2D eigenvalue weighted by Gasteiger charge is -2.29. The number of benzene rings is 2. The van der Waals surface area contributed by atoms with Crippen LogP contribution in [0.25, 0.3) is 0 Å². The minimum absolute atomic E-state index is 0.0157. The van der Waals surface area contributed by atoms with Crippen molar-refractivity contribution in [2.24, 2.45) is 0 Å². The van der Waals surface area contributed by atoms with Gasteiger partial charge in [-0.2, -0.15) is 56.3 Å². The molecule has 4 amide bonds. The molecule has 2 aromatic carbocycles. The zero-order valence-electron chi connectivity index (χ0n) is 20.0. The third kappa shape index (κ3) is 4.86. The summed E-state index contributed by atoms with van der Waals surface area (Å²) in [5, 5.41) is -1.93. The number of alkyl halides is 10. The average molecular weight is 688 g/mol. The Hall–Kier alpha value is -4.16. The Morgan fingerprint density at radius 3 is 1.07 bits per heavy atom. The number of rotatable bonds is 6. The summed E-state index contributed by atoms with van der Waals surface area (Å²) in [7, 11) is -13.3. The molecule has 0 aliphatic carbocycles. The fraction of sp³-hybridized carbons (Fsp3) is 0.200. The molecule has 0 unspecified atom stereocenters. The van der Waals surface area contributed by atoms with E-state index in [2.05, 4.69) is 8.57 Å². The normalized spacial score (nSPS) is 16.6. The maximum absolute atomic E-state index is 16.1. The van der Waals surface area contributed by atoms with Crippen molar-refractivity contribution in [3.63, 3.8) is 0 Å². The summed E-state index contributed by atoms with van der Waals surface area (Å²) in [6, 6.07) is 0.911. The second-order valence-corrected chi connectivity index (χ2v) is 11.5. The topological polar surface area (TPSA) is 161 Å². The molecule has 12 nitrogen and oxygen atoms in total. The van der Waals surface area contributed by atoms with Crippen molar-refractivity contribution in [2.75, 3.05) is 0 Å². The third-order valence-corrected chi connectivity index (χ3v) is 7.62. The summed E-state index contributed by atoms with van der Waals surface area (Å²) in [4.78, 5) is 49.4. The van der Waals surface area contributed by atoms with Crippen molar-refractivity contribution in [2.45, 2.75) is 22.9 Å². The van der Waals surface area contributed by atoms with Gasteiger partial charge >= 0.3 is 37.4 Å². The Balaban J connectivity index is 1.78. The standard InChI is InChI=1S/C20H6F10N2O10S2/c21-17(18(22,23)24,7-1-3-9-11(5-7)15(35)31(13(9)33)41-43(37,38)19(25,26)27)8-2-4-10-12(6-8)16(36)32(14(10)34)42-44(39,40)20(28,29)30/h1-6H. The molecule has 0 saturated heterocycles. The first kappa shape index (κ1) is 32.7. The molecule has 0 bridgehead atoms. The predicted molar refractivity (Wildman–Crippen MR) is 114 cm³/mol. The molecule has 2 aliphatic rings. The first-order valence-corrected chi connectivity index (χ1v) is 13.4. The Bertz CT molecular complexity index is 1740. The van der Waals surface area contributed by atoms with Crippen molar-refractivity contribution in [3.05, 3.63) is 69.8 Å². The van der Waals surface area contributed by atoms with Gasteiger partial charge in [-0.15, -0.1) is 18.7 Å². The van der Waals surface area contributed by atoms with Crippen LogP contribution in [-0.2, 0) is 34.5 Å². The molecule has 2 aromatic rings. The van der Waals surface area contributed by atoms with Crippen LogP contribution in [0.3, 0.4) is 0 Å². The van der Waals surface area contributed by atoms with Crippen LogP contribution in [-0.4, -0.2) is 67.8 Å². The highest BCUT2D eigenvalue weighted by Gasteiger charge is 2.60. The van der Waals surface area contributed by atoms with Crippen LogP contribution in [0, 0.1) is 0 Å². The van der Waals surface area contributed by atoms with E-state index >= 15 is 4.39 Å². The van der Waals surface area contributed by atoms with Crippen molar-refractivity contribution in [1.29, 1.82) is 0 Å². The van der Waals surface area contributed by atoms with Gasteiger partial charge in [0.05, 0.1) is 22.3 Å². The van der Waals surface area contributed by atoms with Gasteiger partial charge in [0.25, 0.3) is 29.3 Å². The first-order valence-electron chi connectivity index (χ1n) is 10.6. The second kappa shape index (κ2) is 9.67. The number of fused-ring (bicyclic) bond motifs is 2. The number of hydrogen-bond acceptors (Lipinski definition) is 10. The van der Waals surface area contributed by atoms with Crippen LogP contribution in [0.15, 0.2) is 36.4 Å². The molecule has 0 spiro atoms. The van der Waals surface area contributed by atoms with Gasteiger partial charge in [0, 0.05) is 11.1 Å². The van der Waals surface area contributed by atoms with Gasteiger partial charge in [0.15, 0.2) is 0 Å². The highest BCUT2D eigenvalue weighted by Crippen LogP contribution is 2.49. The second-order valence-electron chi connectivity index (χ2n) is 8.44. The minimum atomic E-state index is -6.65. The number of carbonyl (C=O) groups excluding carboxylic acids is 4. The lowest BCUT2D eigenvalue weighted by molar-refractivity contribution is -0.219. The number of hydrogen-bond donors (Lipinski definition) is 0. The zero-order valence-corrected chi connectivity index (χ0v) is 21.7. The molecule has 4 rings (SSSR count). The Kier molecular flexibility index (Phi) is 7.20. The lowest BCUT2D eigenvalue weighted by Crippen LogP contribution is -2.39. The van der Waals surface area contributed by atoms with Gasteiger partial charge in [-0.25, -0.2) is 4.39 Å². The first-order chi connectivity index (χ1) is 19.8. The van der Waals surface area contributed by atoms with Crippen LogP contribution in [0.5, 0.6) is 0 Å². The molecule has 2 heterocycles. The average Bonchev–Trinajstić information content (AvgIpc) is 3.25. The molecule has 0 aromatic heterocycles. The van der Waals surface area contributed by atoms with Crippen molar-refractivity contribution in [3.8, 4) is 0 Å². The van der Waals surface area contributed by atoms with E-state index in [1.165, 1.54) is 0 Å². The van der Waals surface area contributed by atoms with Gasteiger partial charge in [0.1, 0.15) is 0 Å². The molecular weight excluding hydrogens is 682 g/mol. The molecule has 0 N–H and O–H groups in total. The Labute approximate surface area is 235 Å². The summed E-state index contributed by atoms with van der Waals surface area (Å²) >= 11 is 0. The number of amides is 4. The Morgan fingerprint density at radius 2 is 0.795 bits per heavy atom. The largest absolute Gasteiger partial charge is 0.525 e. The van der Waals surface area contributed by atoms with Gasteiger partial charge in [0.2, 0.25) is 0 Å². The van der Waals surface area contributed by atoms with E-state index in [-0.39, 0.29) is 36.4 Å². The summed E-state index contributed by atoms with van der Waals surface area (Å²) in [5.41, 5.74) is -25.0. The van der Waals surface area contributed by atoms with E-state index in [4.69, 9.17) is 0 Å². The molecule has 44 heavy (non-hydrogen) atoms. The highest BCUT2D eigenvalue weighted by molar-refractivity contribution is 7.87. The van der Waals surface area contributed by atoms with Gasteiger partial charge in [-0.3, -0.25) is 19.2 Å². The number of nitrogens with zero attached hydrogens (tertiary/aromatic N) is 2. The maximum atomic E-state index is 16.1. The fourth-order valence-electron chi connectivity index (χ4n) is 3.78. The molecule has 0 radical (unpaired) electrons. The summed E-state index contributed by atoms with van der Waals surface area (Å²) in [5.74, 6) is -7.96.